The van der Waals surface area contributed by atoms with E-state index in [1.807, 2.05) is 18.2 Å². The fourth-order valence-corrected chi connectivity index (χ4v) is 7.22. The number of aromatic nitrogens is 1. The molecule has 6 nitrogen and oxygen atoms in total. The Morgan fingerprint density at radius 3 is 2.89 bits per heavy atom. The van der Waals surface area contributed by atoms with Crippen LogP contribution in [0, 0.1) is 17.2 Å². The smallest absolute Gasteiger partial charge is 0.341 e. The summed E-state index contributed by atoms with van der Waals surface area (Å²) in [5.41, 5.74) is 6.59. The van der Waals surface area contributed by atoms with Crippen LogP contribution in [0.2, 0.25) is 0 Å². The molecular weight excluding hydrogens is 490 g/mol. The van der Waals surface area contributed by atoms with Crippen LogP contribution in [0.4, 0.5) is 5.00 Å². The lowest BCUT2D eigenvalue weighted by atomic mass is 9.87. The highest BCUT2D eigenvalue weighted by molar-refractivity contribution is 7.99. The number of nitriles is 1. The highest BCUT2D eigenvalue weighted by Crippen LogP contribution is 2.45. The van der Waals surface area contributed by atoms with Crippen molar-refractivity contribution in [2.75, 3.05) is 18.2 Å². The van der Waals surface area contributed by atoms with Crippen LogP contribution >= 0.6 is 23.1 Å². The second-order valence-corrected chi connectivity index (χ2v) is 11.4. The molecule has 0 aliphatic heterocycles. The largest absolute Gasteiger partial charge is 0.465 e. The molecule has 1 unspecified atom stereocenters. The van der Waals surface area contributed by atoms with Crippen LogP contribution < -0.4 is 5.32 Å². The van der Waals surface area contributed by atoms with E-state index >= 15 is 0 Å². The Morgan fingerprint density at radius 2 is 2.08 bits per heavy atom. The van der Waals surface area contributed by atoms with E-state index in [9.17, 15) is 14.9 Å². The quantitative estimate of drug-likeness (QED) is 0.328. The minimum Gasteiger partial charge on any atom is -0.465 e. The van der Waals surface area contributed by atoms with Gasteiger partial charge in [-0.25, -0.2) is 9.78 Å². The molecule has 0 saturated carbocycles. The molecule has 184 valence electrons. The summed E-state index contributed by atoms with van der Waals surface area (Å²) in [5.74, 6) is 0.497. The Kier molecular flexibility index (Phi) is 7.13. The average molecular weight is 518 g/mol. The number of aryl methyl sites for hydroxylation is 2. The molecule has 1 N–H and O–H groups in total. The van der Waals surface area contributed by atoms with Gasteiger partial charge in [0.25, 0.3) is 0 Å². The molecule has 8 heteroatoms. The van der Waals surface area contributed by atoms with E-state index in [1.54, 1.807) is 0 Å². The number of nitrogens with zero attached hydrogens (tertiary/aromatic N) is 2. The number of benzene rings is 1. The molecule has 5 rings (SSSR count). The molecule has 0 fully saturated rings. The third-order valence-electron chi connectivity index (χ3n) is 6.84. The third-order valence-corrected chi connectivity index (χ3v) is 9.02. The van der Waals surface area contributed by atoms with Crippen molar-refractivity contribution in [2.24, 2.45) is 5.92 Å². The Hall–Kier alpha value is -3.15. The molecular formula is C28H27N3O3S2. The van der Waals surface area contributed by atoms with E-state index in [-0.39, 0.29) is 12.3 Å². The predicted molar refractivity (Wildman–Crippen MR) is 143 cm³/mol. The van der Waals surface area contributed by atoms with Gasteiger partial charge in [-0.1, -0.05) is 31.2 Å². The number of thiophene rings is 1. The number of nitrogens with one attached hydrogen (secondary N) is 1. The lowest BCUT2D eigenvalue weighted by Gasteiger charge is -2.21. The number of hydrogen-bond donors (Lipinski definition) is 1. The van der Waals surface area contributed by atoms with Gasteiger partial charge in [0.1, 0.15) is 16.1 Å². The first-order valence-electron chi connectivity index (χ1n) is 12.2. The Balaban J connectivity index is 1.30. The van der Waals surface area contributed by atoms with Gasteiger partial charge in [0.05, 0.1) is 18.2 Å². The van der Waals surface area contributed by atoms with Crippen LogP contribution in [-0.4, -0.2) is 29.7 Å². The molecule has 2 heterocycles. The molecule has 2 aliphatic carbocycles. The third kappa shape index (κ3) is 4.78. The summed E-state index contributed by atoms with van der Waals surface area (Å²) in [7, 11) is 1.37. The predicted octanol–water partition coefficient (Wildman–Crippen LogP) is 5.81. The van der Waals surface area contributed by atoms with Gasteiger partial charge in [-0.15, -0.1) is 23.1 Å². The number of methoxy groups -OCH3 is 1. The van der Waals surface area contributed by atoms with Crippen LogP contribution in [0.1, 0.15) is 58.1 Å². The maximum Gasteiger partial charge on any atom is 0.341 e. The molecule has 1 amide bonds. The summed E-state index contributed by atoms with van der Waals surface area (Å²) < 4.78 is 5.06. The number of fused-ring (bicyclic) bond motifs is 4. The highest BCUT2D eigenvalue weighted by atomic mass is 32.2. The number of rotatable bonds is 6. The van der Waals surface area contributed by atoms with E-state index in [2.05, 4.69) is 30.4 Å². The Labute approximate surface area is 219 Å². The zero-order chi connectivity index (χ0) is 25.2. The summed E-state index contributed by atoms with van der Waals surface area (Å²) >= 11 is 2.87. The molecule has 3 aromatic rings. The minimum absolute atomic E-state index is 0.176. The molecule has 2 aromatic heterocycles. The number of esters is 1. The van der Waals surface area contributed by atoms with Gasteiger partial charge in [-0.2, -0.15) is 5.26 Å². The monoisotopic (exact) mass is 517 g/mol. The number of amides is 1. The van der Waals surface area contributed by atoms with Gasteiger partial charge in [0.15, 0.2) is 0 Å². The highest BCUT2D eigenvalue weighted by Gasteiger charge is 2.29. The van der Waals surface area contributed by atoms with Gasteiger partial charge in [-0.3, -0.25) is 4.79 Å². The van der Waals surface area contributed by atoms with Gasteiger partial charge in [-0.05, 0) is 66.3 Å². The first kappa shape index (κ1) is 24.5. The van der Waals surface area contributed by atoms with Crippen molar-refractivity contribution >= 4 is 40.0 Å². The van der Waals surface area contributed by atoms with Gasteiger partial charge in [0, 0.05) is 22.7 Å². The first-order chi connectivity index (χ1) is 17.5. The summed E-state index contributed by atoms with van der Waals surface area (Å²) in [6.07, 6.45) is 4.82. The normalized spacial score (nSPS) is 15.8. The number of carbonyl (C=O) groups is 2. The number of carbonyl (C=O) groups excluding carboxylic acids is 2. The average Bonchev–Trinajstić information content (AvgIpc) is 3.26. The van der Waals surface area contributed by atoms with E-state index in [0.29, 0.717) is 32.8 Å². The maximum absolute atomic E-state index is 12.9. The van der Waals surface area contributed by atoms with Crippen molar-refractivity contribution in [2.45, 2.75) is 50.5 Å². The van der Waals surface area contributed by atoms with Crippen molar-refractivity contribution < 1.29 is 14.3 Å². The number of hydrogen-bond acceptors (Lipinski definition) is 7. The summed E-state index contributed by atoms with van der Waals surface area (Å²) in [4.78, 5) is 31.3. The first-order valence-corrected chi connectivity index (χ1v) is 14.0. The zero-order valence-electron chi connectivity index (χ0n) is 20.3. The maximum atomic E-state index is 12.9. The second-order valence-electron chi connectivity index (χ2n) is 9.32. The van der Waals surface area contributed by atoms with E-state index in [1.165, 1.54) is 41.3 Å². The minimum atomic E-state index is -0.428. The molecule has 36 heavy (non-hydrogen) atoms. The van der Waals surface area contributed by atoms with Crippen molar-refractivity contribution in [3.8, 4) is 16.5 Å². The second kappa shape index (κ2) is 10.5. The molecule has 0 radical (unpaired) electrons. The summed E-state index contributed by atoms with van der Waals surface area (Å²) in [6.45, 7) is 2.23. The van der Waals surface area contributed by atoms with Gasteiger partial charge < -0.3 is 10.1 Å². The number of pyridine rings is 1. The van der Waals surface area contributed by atoms with Crippen LogP contribution in [-0.2, 0) is 35.2 Å². The standard InChI is InChI=1S/C28H27N3O3S2/c1-16-7-10-22-18(13-16)14-19(15-29)26(30-22)35-12-11-23(32)31-27-24(28(33)34-2)21-9-8-17-5-3-4-6-20(17)25(21)36-27/h3-6,14,16H,7-13H2,1-2H3,(H,31,32). The molecule has 0 spiro atoms. The lowest BCUT2D eigenvalue weighted by Crippen LogP contribution is -2.16. The molecule has 0 saturated heterocycles. The number of ether oxygens (including phenoxy) is 1. The van der Waals surface area contributed by atoms with Crippen molar-refractivity contribution in [1.82, 2.24) is 4.98 Å². The Bertz CT molecular complexity index is 1390. The van der Waals surface area contributed by atoms with Crippen LogP contribution in [0.15, 0.2) is 35.4 Å². The lowest BCUT2D eigenvalue weighted by molar-refractivity contribution is -0.115. The fourth-order valence-electron chi connectivity index (χ4n) is 4.99. The van der Waals surface area contributed by atoms with Crippen LogP contribution in [0.5, 0.6) is 0 Å². The summed E-state index contributed by atoms with van der Waals surface area (Å²) in [6, 6.07) is 12.4. The van der Waals surface area contributed by atoms with E-state index in [4.69, 9.17) is 9.72 Å². The topological polar surface area (TPSA) is 92.1 Å². The zero-order valence-corrected chi connectivity index (χ0v) is 22.0. The Morgan fingerprint density at radius 1 is 1.25 bits per heavy atom. The van der Waals surface area contributed by atoms with Crippen molar-refractivity contribution in [3.05, 3.63) is 63.8 Å². The van der Waals surface area contributed by atoms with Gasteiger partial charge in [0.2, 0.25) is 5.91 Å². The fraction of sp³-hybridized carbons (Fsp3) is 0.357. The van der Waals surface area contributed by atoms with E-state index < -0.39 is 5.97 Å². The van der Waals surface area contributed by atoms with Crippen molar-refractivity contribution in [1.29, 1.82) is 5.26 Å². The van der Waals surface area contributed by atoms with Crippen LogP contribution in [0.25, 0.3) is 10.4 Å². The van der Waals surface area contributed by atoms with Crippen molar-refractivity contribution in [3.63, 3.8) is 0 Å². The SMILES string of the molecule is COC(=O)c1c(NC(=O)CCSc2nc3c(cc2C#N)CC(C)CC3)sc2c1CCc1ccccc1-2. The van der Waals surface area contributed by atoms with E-state index in [0.717, 1.165) is 53.8 Å². The van der Waals surface area contributed by atoms with Gasteiger partial charge >= 0.3 is 5.97 Å². The molecule has 0 bridgehead atoms. The van der Waals surface area contributed by atoms with Crippen LogP contribution in [0.3, 0.4) is 0 Å². The molecule has 1 atom stereocenters. The molecule has 1 aromatic carbocycles. The summed E-state index contributed by atoms with van der Waals surface area (Å²) in [5, 5.41) is 13.8. The number of anilines is 1. The number of thioether (sulfide) groups is 1. The molecule has 2 aliphatic rings.